The van der Waals surface area contributed by atoms with E-state index in [-0.39, 0.29) is 12.1 Å². The van der Waals surface area contributed by atoms with Crippen LogP contribution >= 0.6 is 0 Å². The van der Waals surface area contributed by atoms with Crippen molar-refractivity contribution in [1.29, 1.82) is 0 Å². The summed E-state index contributed by atoms with van der Waals surface area (Å²) in [5.41, 5.74) is 7.45. The van der Waals surface area contributed by atoms with E-state index in [4.69, 9.17) is 15.2 Å². The highest BCUT2D eigenvalue weighted by Crippen LogP contribution is 2.26. The zero-order valence-corrected chi connectivity index (χ0v) is 11.3. The maximum atomic E-state index is 11.6. The van der Waals surface area contributed by atoms with Crippen molar-refractivity contribution in [3.63, 3.8) is 0 Å². The van der Waals surface area contributed by atoms with Gasteiger partial charge in [-0.1, -0.05) is 0 Å². The van der Waals surface area contributed by atoms with Crippen molar-refractivity contribution in [1.82, 2.24) is 0 Å². The first-order valence-electron chi connectivity index (χ1n) is 6.43. The number of nitrogens with one attached hydrogen (secondary N) is 1. The Morgan fingerprint density at radius 2 is 2.16 bits per heavy atom. The number of anilines is 2. The maximum Gasteiger partial charge on any atom is 0.340 e. The molecular formula is C14H20N2O3. The van der Waals surface area contributed by atoms with Crippen LogP contribution in [-0.4, -0.2) is 32.3 Å². The van der Waals surface area contributed by atoms with Crippen molar-refractivity contribution in [3.05, 3.63) is 23.8 Å². The molecule has 1 fully saturated rings. The van der Waals surface area contributed by atoms with Gasteiger partial charge in [0.05, 0.1) is 24.8 Å². The molecule has 5 nitrogen and oxygen atoms in total. The third-order valence-electron chi connectivity index (χ3n) is 3.57. The van der Waals surface area contributed by atoms with Gasteiger partial charge in [-0.25, -0.2) is 4.79 Å². The predicted molar refractivity (Wildman–Crippen MR) is 74.3 cm³/mol. The zero-order chi connectivity index (χ0) is 13.8. The molecule has 3 N–H and O–H groups in total. The van der Waals surface area contributed by atoms with Gasteiger partial charge in [0.15, 0.2) is 0 Å². The van der Waals surface area contributed by atoms with Gasteiger partial charge in [0, 0.05) is 18.5 Å². The molecule has 2 atom stereocenters. The van der Waals surface area contributed by atoms with Gasteiger partial charge in [0.25, 0.3) is 0 Å². The molecule has 0 radical (unpaired) electrons. The van der Waals surface area contributed by atoms with E-state index >= 15 is 0 Å². The Morgan fingerprint density at radius 3 is 2.84 bits per heavy atom. The molecule has 1 saturated carbocycles. The number of methoxy groups -OCH3 is 2. The summed E-state index contributed by atoms with van der Waals surface area (Å²) in [5.74, 6) is -0.420. The summed E-state index contributed by atoms with van der Waals surface area (Å²) in [6, 6.07) is 5.59. The Kier molecular flexibility index (Phi) is 4.27. The molecule has 2 unspecified atom stereocenters. The average molecular weight is 264 g/mol. The van der Waals surface area contributed by atoms with Gasteiger partial charge < -0.3 is 20.5 Å². The summed E-state index contributed by atoms with van der Waals surface area (Å²) in [5, 5.41) is 3.40. The minimum absolute atomic E-state index is 0.221. The fraction of sp³-hybridized carbons (Fsp3) is 0.500. The molecule has 0 aromatic heterocycles. The van der Waals surface area contributed by atoms with Crippen molar-refractivity contribution >= 4 is 17.3 Å². The molecule has 0 saturated heterocycles. The lowest BCUT2D eigenvalue weighted by Crippen LogP contribution is -2.29. The number of nitrogens with two attached hydrogens (primary N) is 1. The van der Waals surface area contributed by atoms with Gasteiger partial charge in [-0.2, -0.15) is 0 Å². The monoisotopic (exact) mass is 264 g/mol. The summed E-state index contributed by atoms with van der Waals surface area (Å²) in [4.78, 5) is 11.6. The number of carbonyl (C=O) groups is 1. The van der Waals surface area contributed by atoms with Crippen LogP contribution in [0.15, 0.2) is 18.2 Å². The summed E-state index contributed by atoms with van der Waals surface area (Å²) in [6.45, 7) is 0. The summed E-state index contributed by atoms with van der Waals surface area (Å²) >= 11 is 0. The first kappa shape index (κ1) is 13.7. The lowest BCUT2D eigenvalue weighted by atomic mass is 10.1. The van der Waals surface area contributed by atoms with E-state index in [9.17, 15) is 4.79 Å². The molecule has 0 spiro atoms. The van der Waals surface area contributed by atoms with E-state index in [1.807, 2.05) is 6.07 Å². The number of hydrogen-bond donors (Lipinski definition) is 2. The quantitative estimate of drug-likeness (QED) is 0.643. The SMILES string of the molecule is COC(=O)c1cc(NC2CCCC2OC)ccc1N. The van der Waals surface area contributed by atoms with Gasteiger partial charge in [-0.05, 0) is 37.5 Å². The fourth-order valence-electron chi connectivity index (χ4n) is 2.52. The van der Waals surface area contributed by atoms with Crippen molar-refractivity contribution < 1.29 is 14.3 Å². The summed E-state index contributed by atoms with van der Waals surface area (Å²) in [7, 11) is 3.08. The number of esters is 1. The van der Waals surface area contributed by atoms with E-state index in [1.54, 1.807) is 19.2 Å². The standard InChI is InChI=1S/C14H20N2O3/c1-18-13-5-3-4-12(13)16-9-6-7-11(15)10(8-9)14(17)19-2/h6-8,12-13,16H,3-5,15H2,1-2H3. The van der Waals surface area contributed by atoms with Crippen molar-refractivity contribution in [2.45, 2.75) is 31.4 Å². The topological polar surface area (TPSA) is 73.6 Å². The molecule has 0 aliphatic heterocycles. The third kappa shape index (κ3) is 2.98. The van der Waals surface area contributed by atoms with Gasteiger partial charge >= 0.3 is 5.97 Å². The Balaban J connectivity index is 2.15. The molecular weight excluding hydrogens is 244 g/mol. The predicted octanol–water partition coefficient (Wildman–Crippen LogP) is 2.03. The van der Waals surface area contributed by atoms with Crippen LogP contribution in [0.25, 0.3) is 0 Å². The first-order valence-corrected chi connectivity index (χ1v) is 6.43. The van der Waals surface area contributed by atoms with Crippen molar-refractivity contribution in [2.24, 2.45) is 0 Å². The van der Waals surface area contributed by atoms with E-state index in [2.05, 4.69) is 5.32 Å². The normalized spacial score (nSPS) is 22.2. The summed E-state index contributed by atoms with van der Waals surface area (Å²) < 4.78 is 10.2. The molecule has 1 aromatic carbocycles. The Hall–Kier alpha value is -1.75. The second-order valence-corrected chi connectivity index (χ2v) is 4.75. The largest absolute Gasteiger partial charge is 0.465 e. The smallest absolute Gasteiger partial charge is 0.340 e. The lowest BCUT2D eigenvalue weighted by Gasteiger charge is -2.21. The molecule has 0 bridgehead atoms. The number of nitrogen functional groups attached to an aromatic ring is 1. The molecule has 2 rings (SSSR count). The number of hydrogen-bond acceptors (Lipinski definition) is 5. The average Bonchev–Trinajstić information content (AvgIpc) is 2.87. The number of benzene rings is 1. The van der Waals surface area contributed by atoms with Crippen LogP contribution in [0.5, 0.6) is 0 Å². The first-order chi connectivity index (χ1) is 9.15. The van der Waals surface area contributed by atoms with E-state index in [0.29, 0.717) is 11.3 Å². The van der Waals surface area contributed by atoms with Crippen LogP contribution in [0, 0.1) is 0 Å². The Morgan fingerprint density at radius 1 is 1.37 bits per heavy atom. The fourth-order valence-corrected chi connectivity index (χ4v) is 2.52. The minimum atomic E-state index is -0.420. The molecule has 1 aromatic rings. The maximum absolute atomic E-state index is 11.6. The Bertz CT molecular complexity index is 462. The summed E-state index contributed by atoms with van der Waals surface area (Å²) in [6.07, 6.45) is 3.50. The van der Waals surface area contributed by atoms with E-state index < -0.39 is 5.97 Å². The van der Waals surface area contributed by atoms with Gasteiger partial charge in [0.1, 0.15) is 0 Å². The van der Waals surface area contributed by atoms with Crippen LogP contribution in [0.1, 0.15) is 29.6 Å². The molecule has 19 heavy (non-hydrogen) atoms. The van der Waals surface area contributed by atoms with Gasteiger partial charge in [-0.15, -0.1) is 0 Å². The second-order valence-electron chi connectivity index (χ2n) is 4.75. The highest BCUT2D eigenvalue weighted by molar-refractivity contribution is 5.96. The van der Waals surface area contributed by atoms with Crippen LogP contribution in [0.4, 0.5) is 11.4 Å². The molecule has 0 heterocycles. The Labute approximate surface area is 113 Å². The molecule has 0 amide bonds. The highest BCUT2D eigenvalue weighted by Gasteiger charge is 2.27. The molecule has 1 aliphatic rings. The lowest BCUT2D eigenvalue weighted by molar-refractivity contribution is 0.0602. The van der Waals surface area contributed by atoms with Gasteiger partial charge in [0.2, 0.25) is 0 Å². The van der Waals surface area contributed by atoms with Gasteiger partial charge in [-0.3, -0.25) is 0 Å². The number of carbonyl (C=O) groups excluding carboxylic acids is 1. The van der Waals surface area contributed by atoms with Crippen LogP contribution in [0.3, 0.4) is 0 Å². The second kappa shape index (κ2) is 5.93. The van der Waals surface area contributed by atoms with Crippen LogP contribution < -0.4 is 11.1 Å². The van der Waals surface area contributed by atoms with E-state index in [1.165, 1.54) is 7.11 Å². The number of ether oxygens (including phenoxy) is 2. The van der Waals surface area contributed by atoms with Crippen molar-refractivity contribution in [2.75, 3.05) is 25.3 Å². The molecule has 1 aliphatic carbocycles. The third-order valence-corrected chi connectivity index (χ3v) is 3.57. The number of rotatable bonds is 4. The zero-order valence-electron chi connectivity index (χ0n) is 11.3. The highest BCUT2D eigenvalue weighted by atomic mass is 16.5. The van der Waals surface area contributed by atoms with Crippen molar-refractivity contribution in [3.8, 4) is 0 Å². The molecule has 5 heteroatoms. The van der Waals surface area contributed by atoms with Crippen LogP contribution in [0.2, 0.25) is 0 Å². The van der Waals surface area contributed by atoms with Crippen LogP contribution in [-0.2, 0) is 9.47 Å². The molecule has 104 valence electrons. The van der Waals surface area contributed by atoms with E-state index in [0.717, 1.165) is 24.9 Å². The minimum Gasteiger partial charge on any atom is -0.465 e.